The second-order valence-electron chi connectivity index (χ2n) is 8.42. The molecule has 166 valence electrons. The summed E-state index contributed by atoms with van der Waals surface area (Å²) in [6.07, 6.45) is 0.906. The van der Waals surface area contributed by atoms with Gasteiger partial charge in [-0.25, -0.2) is 4.79 Å². The first kappa shape index (κ1) is 21.8. The molecule has 1 amide bonds. The van der Waals surface area contributed by atoms with E-state index in [0.717, 1.165) is 11.1 Å². The predicted molar refractivity (Wildman–Crippen MR) is 119 cm³/mol. The minimum Gasteiger partial charge on any atom is -0.493 e. The highest BCUT2D eigenvalue weighted by Gasteiger charge is 2.55. The maximum absolute atomic E-state index is 12.9. The summed E-state index contributed by atoms with van der Waals surface area (Å²) < 4.78 is 10.9. The second kappa shape index (κ2) is 9.39. The van der Waals surface area contributed by atoms with E-state index in [-0.39, 0.29) is 42.1 Å². The zero-order valence-corrected chi connectivity index (χ0v) is 18.1. The maximum atomic E-state index is 12.9. The standard InChI is InChI=1S/C26H27NO5/c1-16(2)26(30)32-13-7-12-31-19-11-6-10-18(14-19)20-15-21(28)23-22(20)25(29)27-24(23)17-8-4-3-5-9-17/h3-6,8-11,14,20,22-24H,1,7,12-13,15H2,2H3,(H,27,29). The number of ether oxygens (including phenoxy) is 2. The Kier molecular flexibility index (Phi) is 6.40. The van der Waals surface area contributed by atoms with Crippen molar-refractivity contribution in [3.05, 3.63) is 77.9 Å². The first-order chi connectivity index (χ1) is 15.5. The largest absolute Gasteiger partial charge is 0.493 e. The van der Waals surface area contributed by atoms with Crippen molar-refractivity contribution in [1.29, 1.82) is 0 Å². The molecule has 1 saturated carbocycles. The van der Waals surface area contributed by atoms with Gasteiger partial charge in [0.25, 0.3) is 0 Å². The van der Waals surface area contributed by atoms with Gasteiger partial charge >= 0.3 is 5.97 Å². The summed E-state index contributed by atoms with van der Waals surface area (Å²) >= 11 is 0. The summed E-state index contributed by atoms with van der Waals surface area (Å²) in [6, 6.07) is 17.0. The lowest BCUT2D eigenvalue weighted by Crippen LogP contribution is -2.25. The molecule has 6 heteroatoms. The van der Waals surface area contributed by atoms with Crippen LogP contribution in [0.3, 0.4) is 0 Å². The summed E-state index contributed by atoms with van der Waals surface area (Å²) in [6.45, 7) is 5.80. The minimum atomic E-state index is -0.406. The number of carbonyl (C=O) groups excluding carboxylic acids is 3. The van der Waals surface area contributed by atoms with Crippen LogP contribution in [0.1, 0.15) is 42.9 Å². The summed E-state index contributed by atoms with van der Waals surface area (Å²) in [5, 5.41) is 3.04. The maximum Gasteiger partial charge on any atom is 0.333 e. The van der Waals surface area contributed by atoms with Crippen LogP contribution in [0, 0.1) is 11.8 Å². The number of hydrogen-bond acceptors (Lipinski definition) is 5. The number of nitrogens with one attached hydrogen (secondary N) is 1. The molecule has 1 heterocycles. The number of benzene rings is 2. The molecule has 2 aliphatic rings. The van der Waals surface area contributed by atoms with Gasteiger partial charge in [-0.3, -0.25) is 9.59 Å². The molecule has 0 radical (unpaired) electrons. The van der Waals surface area contributed by atoms with Crippen molar-refractivity contribution in [3.8, 4) is 5.75 Å². The third-order valence-corrected chi connectivity index (χ3v) is 6.16. The van der Waals surface area contributed by atoms with E-state index in [2.05, 4.69) is 11.9 Å². The topological polar surface area (TPSA) is 81.7 Å². The second-order valence-corrected chi connectivity index (χ2v) is 8.42. The molecule has 0 spiro atoms. The lowest BCUT2D eigenvalue weighted by Gasteiger charge is -2.18. The van der Waals surface area contributed by atoms with E-state index in [9.17, 15) is 14.4 Å². The van der Waals surface area contributed by atoms with Crippen LogP contribution in [-0.2, 0) is 19.1 Å². The first-order valence-corrected chi connectivity index (χ1v) is 10.9. The van der Waals surface area contributed by atoms with Crippen LogP contribution >= 0.6 is 0 Å². The van der Waals surface area contributed by atoms with Crippen LogP contribution in [0.15, 0.2) is 66.7 Å². The highest BCUT2D eigenvalue weighted by atomic mass is 16.5. The normalized spacial score (nSPS) is 24.0. The van der Waals surface area contributed by atoms with Gasteiger partial charge in [0, 0.05) is 24.3 Å². The fraction of sp³-hybridized carbons (Fsp3) is 0.346. The van der Waals surface area contributed by atoms with Crippen LogP contribution in [-0.4, -0.2) is 30.9 Å². The van der Waals surface area contributed by atoms with Crippen molar-refractivity contribution < 1.29 is 23.9 Å². The van der Waals surface area contributed by atoms with Crippen molar-refractivity contribution in [2.45, 2.75) is 31.7 Å². The highest BCUT2D eigenvalue weighted by Crippen LogP contribution is 2.50. The predicted octanol–water partition coefficient (Wildman–Crippen LogP) is 3.73. The number of ketones is 1. The summed E-state index contributed by atoms with van der Waals surface area (Å²) in [4.78, 5) is 37.2. The molecule has 2 fully saturated rings. The molecule has 1 N–H and O–H groups in total. The van der Waals surface area contributed by atoms with Crippen LogP contribution in [0.4, 0.5) is 0 Å². The Hall–Kier alpha value is -3.41. The third kappa shape index (κ3) is 4.44. The van der Waals surface area contributed by atoms with Gasteiger partial charge in [0.15, 0.2) is 0 Å². The molecule has 0 bridgehead atoms. The molecule has 2 aromatic rings. The minimum absolute atomic E-state index is 0.0645. The highest BCUT2D eigenvalue weighted by molar-refractivity contribution is 5.97. The van der Waals surface area contributed by atoms with Gasteiger partial charge < -0.3 is 14.8 Å². The summed E-state index contributed by atoms with van der Waals surface area (Å²) in [5.74, 6) is -0.560. The van der Waals surface area contributed by atoms with Crippen molar-refractivity contribution in [2.24, 2.45) is 11.8 Å². The zero-order valence-electron chi connectivity index (χ0n) is 18.1. The number of esters is 1. The van der Waals surface area contributed by atoms with Gasteiger partial charge in [-0.05, 0) is 30.2 Å². The molecular weight excluding hydrogens is 406 g/mol. The Balaban J connectivity index is 1.41. The Labute approximate surface area is 187 Å². The van der Waals surface area contributed by atoms with E-state index in [1.54, 1.807) is 6.92 Å². The quantitative estimate of drug-likeness (QED) is 0.390. The Morgan fingerprint density at radius 2 is 1.78 bits per heavy atom. The molecule has 4 rings (SSSR count). The Bertz CT molecular complexity index is 1030. The van der Waals surface area contributed by atoms with Gasteiger partial charge in [-0.2, -0.15) is 0 Å². The van der Waals surface area contributed by atoms with E-state index in [0.29, 0.717) is 30.8 Å². The van der Waals surface area contributed by atoms with Crippen LogP contribution in [0.2, 0.25) is 0 Å². The average molecular weight is 434 g/mol. The average Bonchev–Trinajstić information content (AvgIpc) is 3.32. The van der Waals surface area contributed by atoms with Crippen molar-refractivity contribution in [2.75, 3.05) is 13.2 Å². The van der Waals surface area contributed by atoms with Crippen LogP contribution in [0.25, 0.3) is 0 Å². The molecular formula is C26H27NO5. The number of amides is 1. The number of carbonyl (C=O) groups is 3. The van der Waals surface area contributed by atoms with Crippen molar-refractivity contribution in [1.82, 2.24) is 5.32 Å². The SMILES string of the molecule is C=C(C)C(=O)OCCCOc1cccc(C2CC(=O)C3C(c4ccccc4)NC(=O)C23)c1. The first-order valence-electron chi connectivity index (χ1n) is 10.9. The lowest BCUT2D eigenvalue weighted by atomic mass is 9.83. The molecule has 32 heavy (non-hydrogen) atoms. The van der Waals surface area contributed by atoms with Gasteiger partial charge in [0.1, 0.15) is 11.5 Å². The van der Waals surface area contributed by atoms with Gasteiger partial charge in [0.05, 0.1) is 31.1 Å². The van der Waals surface area contributed by atoms with E-state index in [1.165, 1.54) is 0 Å². The van der Waals surface area contributed by atoms with Crippen LogP contribution in [0.5, 0.6) is 5.75 Å². The van der Waals surface area contributed by atoms with Crippen molar-refractivity contribution in [3.63, 3.8) is 0 Å². The van der Waals surface area contributed by atoms with Gasteiger partial charge in [0.2, 0.25) is 5.91 Å². The van der Waals surface area contributed by atoms with E-state index in [4.69, 9.17) is 9.47 Å². The molecule has 4 atom stereocenters. The van der Waals surface area contributed by atoms with E-state index < -0.39 is 5.97 Å². The lowest BCUT2D eigenvalue weighted by molar-refractivity contribution is -0.139. The Morgan fingerprint density at radius 1 is 1.03 bits per heavy atom. The number of Topliss-reactive ketones (excluding diaryl/α,β-unsaturated/α-hetero) is 1. The molecule has 1 aliphatic carbocycles. The fourth-order valence-electron chi connectivity index (χ4n) is 4.66. The number of rotatable bonds is 8. The van der Waals surface area contributed by atoms with Gasteiger partial charge in [-0.1, -0.05) is 49.0 Å². The molecule has 2 aromatic carbocycles. The molecule has 6 nitrogen and oxygen atoms in total. The number of fused-ring (bicyclic) bond motifs is 1. The fourth-order valence-corrected chi connectivity index (χ4v) is 4.66. The zero-order chi connectivity index (χ0) is 22.7. The summed E-state index contributed by atoms with van der Waals surface area (Å²) in [7, 11) is 0. The van der Waals surface area contributed by atoms with E-state index in [1.807, 2.05) is 54.6 Å². The third-order valence-electron chi connectivity index (χ3n) is 6.16. The molecule has 0 aromatic heterocycles. The molecule has 1 aliphatic heterocycles. The van der Waals surface area contributed by atoms with Gasteiger partial charge in [-0.15, -0.1) is 0 Å². The summed E-state index contributed by atoms with van der Waals surface area (Å²) in [5.41, 5.74) is 2.26. The van der Waals surface area contributed by atoms with Crippen LogP contribution < -0.4 is 10.1 Å². The molecule has 1 saturated heterocycles. The van der Waals surface area contributed by atoms with E-state index >= 15 is 0 Å². The monoisotopic (exact) mass is 433 g/mol. The van der Waals surface area contributed by atoms with Crippen molar-refractivity contribution >= 4 is 17.7 Å². The smallest absolute Gasteiger partial charge is 0.333 e. The Morgan fingerprint density at radius 3 is 2.53 bits per heavy atom. The number of hydrogen-bond donors (Lipinski definition) is 1. The molecule has 4 unspecified atom stereocenters.